The average molecular weight is 227 g/mol. The molecule has 0 aliphatic heterocycles. The van der Waals surface area contributed by atoms with Crippen molar-refractivity contribution in [3.05, 3.63) is 17.7 Å². The number of halogens is 2. The number of anilines is 2. The second kappa shape index (κ2) is 4.63. The summed E-state index contributed by atoms with van der Waals surface area (Å²) in [5.74, 6) is -0.891. The highest BCUT2D eigenvalue weighted by atomic mass is 19.1. The third-order valence-electron chi connectivity index (χ3n) is 2.74. The summed E-state index contributed by atoms with van der Waals surface area (Å²) in [6.45, 7) is 0.644. The zero-order chi connectivity index (χ0) is 11.5. The van der Waals surface area contributed by atoms with Gasteiger partial charge in [0.25, 0.3) is 0 Å². The molecule has 1 fully saturated rings. The third kappa shape index (κ3) is 2.81. The van der Waals surface area contributed by atoms with Crippen molar-refractivity contribution in [2.75, 3.05) is 17.6 Å². The largest absolute Gasteiger partial charge is 0.381 e. The Kier molecular flexibility index (Phi) is 3.22. The number of hydrogen-bond donors (Lipinski definition) is 2. The molecule has 1 aromatic rings. The van der Waals surface area contributed by atoms with E-state index in [1.54, 1.807) is 0 Å². The van der Waals surface area contributed by atoms with E-state index in [1.165, 1.54) is 12.8 Å². The highest BCUT2D eigenvalue weighted by Crippen LogP contribution is 2.33. The fourth-order valence-corrected chi connectivity index (χ4v) is 1.61. The molecule has 1 aromatic heterocycles. The second-order valence-corrected chi connectivity index (χ2v) is 4.20. The van der Waals surface area contributed by atoms with E-state index in [0.717, 1.165) is 24.8 Å². The fraction of sp³-hybridized carbons (Fsp3) is 0.545. The first-order valence-electron chi connectivity index (χ1n) is 5.52. The molecule has 0 radical (unpaired) electrons. The maximum atomic E-state index is 13.2. The number of nitrogen functional groups attached to an aromatic ring is 1. The molecule has 0 unspecified atom stereocenters. The Morgan fingerprint density at radius 3 is 2.81 bits per heavy atom. The standard InChI is InChI=1S/C11H15F2N3/c12-8-6-9(13)11(16-10(8)14)15-5-1-2-7-3-4-7/h6-7H,1-5H2,(H3,14,15,16). The van der Waals surface area contributed by atoms with Crippen LogP contribution in [0.4, 0.5) is 20.4 Å². The highest BCUT2D eigenvalue weighted by molar-refractivity contribution is 5.44. The Morgan fingerprint density at radius 1 is 1.38 bits per heavy atom. The minimum absolute atomic E-state index is 0.0368. The lowest BCUT2D eigenvalue weighted by Crippen LogP contribution is -2.08. The Bertz CT molecular complexity index is 378. The second-order valence-electron chi connectivity index (χ2n) is 4.20. The number of nitrogens with one attached hydrogen (secondary N) is 1. The molecule has 0 atom stereocenters. The zero-order valence-electron chi connectivity index (χ0n) is 8.97. The van der Waals surface area contributed by atoms with E-state index in [9.17, 15) is 8.78 Å². The van der Waals surface area contributed by atoms with Gasteiger partial charge in [0.15, 0.2) is 23.3 Å². The topological polar surface area (TPSA) is 50.9 Å². The summed E-state index contributed by atoms with van der Waals surface area (Å²) < 4.78 is 26.0. The maximum Gasteiger partial charge on any atom is 0.168 e. The molecule has 1 saturated carbocycles. The van der Waals surface area contributed by atoms with Gasteiger partial charge in [0, 0.05) is 12.6 Å². The van der Waals surface area contributed by atoms with E-state index in [0.29, 0.717) is 6.54 Å². The zero-order valence-corrected chi connectivity index (χ0v) is 8.97. The van der Waals surface area contributed by atoms with E-state index in [2.05, 4.69) is 10.3 Å². The molecule has 88 valence electrons. The average Bonchev–Trinajstić information content (AvgIpc) is 3.04. The van der Waals surface area contributed by atoms with Gasteiger partial charge in [-0.2, -0.15) is 0 Å². The summed E-state index contributed by atoms with van der Waals surface area (Å²) in [4.78, 5) is 3.62. The molecule has 0 amide bonds. The Hall–Kier alpha value is -1.39. The number of nitrogens with two attached hydrogens (primary N) is 1. The van der Waals surface area contributed by atoms with Gasteiger partial charge in [-0.3, -0.25) is 0 Å². The summed E-state index contributed by atoms with van der Waals surface area (Å²) in [6.07, 6.45) is 4.76. The first-order valence-corrected chi connectivity index (χ1v) is 5.52. The third-order valence-corrected chi connectivity index (χ3v) is 2.74. The number of nitrogens with zero attached hydrogens (tertiary/aromatic N) is 1. The lowest BCUT2D eigenvalue weighted by molar-refractivity contribution is 0.578. The summed E-state index contributed by atoms with van der Waals surface area (Å²) in [6, 6.07) is 0.756. The van der Waals surface area contributed by atoms with Crippen molar-refractivity contribution in [3.63, 3.8) is 0 Å². The molecule has 0 spiro atoms. The van der Waals surface area contributed by atoms with Crippen LogP contribution in [0.1, 0.15) is 25.7 Å². The first-order chi connectivity index (χ1) is 7.66. The van der Waals surface area contributed by atoms with Gasteiger partial charge in [0.05, 0.1) is 0 Å². The van der Waals surface area contributed by atoms with Crippen LogP contribution < -0.4 is 11.1 Å². The van der Waals surface area contributed by atoms with Crippen LogP contribution in [-0.2, 0) is 0 Å². The fourth-order valence-electron chi connectivity index (χ4n) is 1.61. The Balaban J connectivity index is 1.85. The van der Waals surface area contributed by atoms with Crippen molar-refractivity contribution in [2.45, 2.75) is 25.7 Å². The van der Waals surface area contributed by atoms with Crippen LogP contribution in [-0.4, -0.2) is 11.5 Å². The van der Waals surface area contributed by atoms with Crippen LogP contribution in [0, 0.1) is 17.6 Å². The van der Waals surface area contributed by atoms with Gasteiger partial charge >= 0.3 is 0 Å². The first kappa shape index (κ1) is 11.1. The normalized spacial score (nSPS) is 15.1. The predicted octanol–water partition coefficient (Wildman–Crippen LogP) is 2.54. The molecular formula is C11H15F2N3. The van der Waals surface area contributed by atoms with Crippen molar-refractivity contribution < 1.29 is 8.78 Å². The smallest absolute Gasteiger partial charge is 0.168 e. The van der Waals surface area contributed by atoms with Crippen LogP contribution in [0.15, 0.2) is 6.07 Å². The molecule has 0 aromatic carbocycles. The van der Waals surface area contributed by atoms with Crippen molar-refractivity contribution in [3.8, 4) is 0 Å². The number of rotatable bonds is 5. The van der Waals surface area contributed by atoms with Gasteiger partial charge in [0.1, 0.15) is 0 Å². The van der Waals surface area contributed by atoms with Crippen molar-refractivity contribution >= 4 is 11.6 Å². The summed E-state index contributed by atoms with van der Waals surface area (Å²) in [5, 5.41) is 2.83. The van der Waals surface area contributed by atoms with Gasteiger partial charge in [-0.25, -0.2) is 13.8 Å². The van der Waals surface area contributed by atoms with Gasteiger partial charge < -0.3 is 11.1 Å². The van der Waals surface area contributed by atoms with Gasteiger partial charge in [-0.15, -0.1) is 0 Å². The molecule has 3 N–H and O–H groups in total. The van der Waals surface area contributed by atoms with E-state index in [1.807, 2.05) is 0 Å². The maximum absolute atomic E-state index is 13.2. The molecule has 5 heteroatoms. The molecule has 0 bridgehead atoms. The molecule has 2 rings (SSSR count). The van der Waals surface area contributed by atoms with Gasteiger partial charge in [-0.05, 0) is 18.8 Å². The number of aromatic nitrogens is 1. The van der Waals surface area contributed by atoms with Gasteiger partial charge in [-0.1, -0.05) is 12.8 Å². The quantitative estimate of drug-likeness (QED) is 0.760. The van der Waals surface area contributed by atoms with Crippen LogP contribution in [0.5, 0.6) is 0 Å². The molecule has 1 heterocycles. The van der Waals surface area contributed by atoms with E-state index < -0.39 is 11.6 Å². The Morgan fingerprint density at radius 2 is 2.12 bits per heavy atom. The SMILES string of the molecule is Nc1nc(NCCCC2CC2)c(F)cc1F. The van der Waals surface area contributed by atoms with Crippen LogP contribution in [0.3, 0.4) is 0 Å². The summed E-state index contributed by atoms with van der Waals surface area (Å²) in [5.41, 5.74) is 5.26. The summed E-state index contributed by atoms with van der Waals surface area (Å²) >= 11 is 0. The number of hydrogen-bond acceptors (Lipinski definition) is 3. The van der Waals surface area contributed by atoms with Gasteiger partial charge in [0.2, 0.25) is 0 Å². The monoisotopic (exact) mass is 227 g/mol. The van der Waals surface area contributed by atoms with E-state index in [-0.39, 0.29) is 11.6 Å². The molecule has 0 saturated heterocycles. The van der Waals surface area contributed by atoms with E-state index in [4.69, 9.17) is 5.73 Å². The molecule has 1 aliphatic carbocycles. The lowest BCUT2D eigenvalue weighted by Gasteiger charge is -2.07. The molecule has 3 nitrogen and oxygen atoms in total. The van der Waals surface area contributed by atoms with E-state index >= 15 is 0 Å². The van der Waals surface area contributed by atoms with Crippen LogP contribution in [0.25, 0.3) is 0 Å². The summed E-state index contributed by atoms with van der Waals surface area (Å²) in [7, 11) is 0. The number of pyridine rings is 1. The van der Waals surface area contributed by atoms with Crippen molar-refractivity contribution in [2.24, 2.45) is 5.92 Å². The minimum atomic E-state index is -0.818. The molecule has 1 aliphatic rings. The minimum Gasteiger partial charge on any atom is -0.381 e. The predicted molar refractivity (Wildman–Crippen MR) is 59.0 cm³/mol. The molecule has 16 heavy (non-hydrogen) atoms. The molecular weight excluding hydrogens is 212 g/mol. The van der Waals surface area contributed by atoms with Crippen LogP contribution >= 0.6 is 0 Å². The van der Waals surface area contributed by atoms with Crippen molar-refractivity contribution in [1.29, 1.82) is 0 Å². The van der Waals surface area contributed by atoms with Crippen LogP contribution in [0.2, 0.25) is 0 Å². The Labute approximate surface area is 93.1 Å². The van der Waals surface area contributed by atoms with Crippen molar-refractivity contribution in [1.82, 2.24) is 4.98 Å². The highest BCUT2D eigenvalue weighted by Gasteiger charge is 2.20. The lowest BCUT2D eigenvalue weighted by atomic mass is 10.2.